The quantitative estimate of drug-likeness (QED) is 0.416. The van der Waals surface area contributed by atoms with Crippen molar-refractivity contribution < 1.29 is 19.5 Å². The van der Waals surface area contributed by atoms with Gasteiger partial charge in [0.2, 0.25) is 0 Å². The predicted molar refractivity (Wildman–Crippen MR) is 39.5 cm³/mol. The normalized spacial score (nSPS) is 3.75. The van der Waals surface area contributed by atoms with Crippen LogP contribution in [0.15, 0.2) is 0 Å². The third-order valence-corrected chi connectivity index (χ3v) is 0.354. The van der Waals surface area contributed by atoms with Gasteiger partial charge in [-0.1, -0.05) is 13.3 Å². The minimum atomic E-state index is 0. The van der Waals surface area contributed by atoms with Crippen molar-refractivity contribution in [2.75, 3.05) is 0 Å². The molecule has 0 aliphatic carbocycles. The van der Waals surface area contributed by atoms with Gasteiger partial charge in [-0.25, -0.2) is 0 Å². The molecule has 0 amide bonds. The van der Waals surface area contributed by atoms with Gasteiger partial charge in [0.25, 0.3) is 0 Å². The molecule has 0 bridgehead atoms. The minimum absolute atomic E-state index is 0. The fraction of sp³-hybridized carbons (Fsp3) is 0.429. The van der Waals surface area contributed by atoms with Gasteiger partial charge in [-0.3, -0.25) is 0 Å². The van der Waals surface area contributed by atoms with E-state index < -0.39 is 0 Å². The van der Waals surface area contributed by atoms with E-state index >= 15 is 0 Å². The second-order valence-electron chi connectivity index (χ2n) is 0.854. The van der Waals surface area contributed by atoms with Gasteiger partial charge in [-0.05, 0) is 0 Å². The average Bonchev–Trinajstić information content (AvgIpc) is 1.37. The summed E-state index contributed by atoms with van der Waals surface area (Å²) < 4.78 is 0. The van der Waals surface area contributed by atoms with E-state index in [2.05, 4.69) is 13.8 Å². The van der Waals surface area contributed by atoms with Crippen LogP contribution in [0.3, 0.4) is 0 Å². The van der Waals surface area contributed by atoms with E-state index in [1.54, 1.807) is 0 Å². The molecule has 0 spiro atoms. The Hall–Kier alpha value is 0.623. The number of rotatable bonds is 1. The predicted octanol–water partition coefficient (Wildman–Crippen LogP) is 2.97. The van der Waals surface area contributed by atoms with Gasteiger partial charge in [0.1, 0.15) is 0 Å². The van der Waals surface area contributed by atoms with Crippen molar-refractivity contribution >= 4 is 0 Å². The summed E-state index contributed by atoms with van der Waals surface area (Å²) in [6.07, 6.45) is 2.28. The summed E-state index contributed by atoms with van der Waals surface area (Å²) in [6, 6.07) is 0. The minimum Gasteiger partial charge on any atom is -0.358 e. The van der Waals surface area contributed by atoms with Crippen LogP contribution >= 0.6 is 0 Å². The van der Waals surface area contributed by atoms with Gasteiger partial charge in [-0.2, -0.15) is 6.42 Å². The largest absolute Gasteiger partial charge is 0.358 e. The summed E-state index contributed by atoms with van der Waals surface area (Å²) in [5.41, 5.74) is 0. The fourth-order valence-electron chi connectivity index (χ4n) is 0. The van der Waals surface area contributed by atoms with Gasteiger partial charge < -0.3 is 29.2 Å². The molecule has 0 rings (SSSR count). The van der Waals surface area contributed by atoms with Crippen LogP contribution in [-0.2, 0) is 19.5 Å². The zero-order chi connectivity index (χ0) is 3.41. The first-order valence-electron chi connectivity index (χ1n) is 1.71. The van der Waals surface area contributed by atoms with E-state index in [0.717, 1.165) is 6.42 Å². The third kappa shape index (κ3) is 79.5. The number of hydrogen-bond acceptors (Lipinski definition) is 0. The maximum Gasteiger partial charge on any atom is 0 e. The summed E-state index contributed by atoms with van der Waals surface area (Å²) in [4.78, 5) is 0. The van der Waals surface area contributed by atoms with Crippen molar-refractivity contribution in [3.63, 3.8) is 0 Å². The van der Waals surface area contributed by atoms with Crippen LogP contribution in [-0.4, -0.2) is 0 Å². The first kappa shape index (κ1) is 38.2. The average molecular weight is 168 g/mol. The molecular weight excluding hydrogens is 149 g/mol. The molecule has 1 heteroatoms. The van der Waals surface area contributed by atoms with E-state index in [4.69, 9.17) is 0 Å². The van der Waals surface area contributed by atoms with Crippen molar-refractivity contribution in [3.8, 4) is 0 Å². The summed E-state index contributed by atoms with van der Waals surface area (Å²) in [6.45, 7) is 5.72. The smallest absolute Gasteiger partial charge is 0 e. The Kier molecular flexibility index (Phi) is 232. The Morgan fingerprint density at radius 2 is 1.25 bits per heavy atom. The molecule has 0 N–H and O–H groups in total. The van der Waals surface area contributed by atoms with E-state index in [0.29, 0.717) is 0 Å². The van der Waals surface area contributed by atoms with E-state index in [-0.39, 0.29) is 41.8 Å². The van der Waals surface area contributed by atoms with Crippen molar-refractivity contribution in [1.29, 1.82) is 0 Å². The molecule has 0 aromatic rings. The molecule has 0 fully saturated rings. The molecule has 0 aromatic carbocycles. The first-order valence-corrected chi connectivity index (χ1v) is 1.71. The second kappa shape index (κ2) is 48.6. The molecule has 0 nitrogen and oxygen atoms in total. The molecule has 0 unspecified atom stereocenters. The monoisotopic (exact) mass is 166 g/mol. The van der Waals surface area contributed by atoms with Crippen LogP contribution in [0.5, 0.6) is 0 Å². The Balaban J connectivity index is -0.00000000750. The Labute approximate surface area is 68.8 Å². The van der Waals surface area contributed by atoms with Gasteiger partial charge in [0.15, 0.2) is 0 Å². The van der Waals surface area contributed by atoms with Crippen LogP contribution in [0.4, 0.5) is 0 Å². The van der Waals surface area contributed by atoms with E-state index in [9.17, 15) is 0 Å². The molecule has 0 saturated heterocycles. The number of unbranched alkanes of at least 4 members (excludes halogenated alkanes) is 1. The van der Waals surface area contributed by atoms with Crippen LogP contribution in [0.2, 0.25) is 0 Å². The first-order chi connectivity index (χ1) is 1.91. The van der Waals surface area contributed by atoms with Crippen molar-refractivity contribution in [2.24, 2.45) is 0 Å². The van der Waals surface area contributed by atoms with Crippen molar-refractivity contribution in [3.05, 3.63) is 29.2 Å². The van der Waals surface area contributed by atoms with Gasteiger partial charge in [0.05, 0.1) is 0 Å². The van der Waals surface area contributed by atoms with Gasteiger partial charge in [0, 0.05) is 19.5 Å². The Morgan fingerprint density at radius 1 is 1.12 bits per heavy atom. The Bertz CT molecular complexity index is 6.35. The van der Waals surface area contributed by atoms with Gasteiger partial charge in [-0.15, -0.1) is 0 Å². The number of hydrogen-bond donors (Lipinski definition) is 0. The van der Waals surface area contributed by atoms with Gasteiger partial charge >= 0.3 is 0 Å². The molecule has 0 saturated carbocycles. The fourth-order valence-corrected chi connectivity index (χ4v) is 0. The maximum atomic E-state index is 3.60. The van der Waals surface area contributed by atoms with Crippen LogP contribution in [0, 0.1) is 29.2 Å². The molecule has 0 radical (unpaired) electrons. The maximum absolute atomic E-state index is 3.60. The summed E-state index contributed by atoms with van der Waals surface area (Å²) in [5.74, 6) is 0. The topological polar surface area (TPSA) is 0 Å². The SMILES string of the molecule is [CH2-]CCC.[CH3-].[CH3-].[CH3-].[Zn]. The Morgan fingerprint density at radius 3 is 1.25 bits per heavy atom. The standard InChI is InChI=1S/C4H9.3CH3.Zn/c1-3-4-2;;;;/h1,3-4H2,2H3;3*1H3;/q4*-1;. The van der Waals surface area contributed by atoms with Crippen molar-refractivity contribution in [1.82, 2.24) is 0 Å². The molecule has 0 aliphatic heterocycles. The van der Waals surface area contributed by atoms with E-state index in [1.165, 1.54) is 6.42 Å². The third-order valence-electron chi connectivity index (χ3n) is 0.354. The molecule has 0 aromatic heterocycles. The van der Waals surface area contributed by atoms with Crippen LogP contribution < -0.4 is 0 Å². The summed E-state index contributed by atoms with van der Waals surface area (Å²) in [7, 11) is 0. The zero-order valence-electron chi connectivity index (χ0n) is 6.83. The summed E-state index contributed by atoms with van der Waals surface area (Å²) in [5, 5.41) is 0. The molecule has 0 heterocycles. The summed E-state index contributed by atoms with van der Waals surface area (Å²) >= 11 is 0. The van der Waals surface area contributed by atoms with Crippen molar-refractivity contribution in [2.45, 2.75) is 19.8 Å². The molecule has 0 atom stereocenters. The van der Waals surface area contributed by atoms with Crippen LogP contribution in [0.1, 0.15) is 19.8 Å². The molecule has 52 valence electrons. The molecule has 8 heavy (non-hydrogen) atoms. The second-order valence-corrected chi connectivity index (χ2v) is 0.854. The van der Waals surface area contributed by atoms with E-state index in [1.807, 2.05) is 0 Å². The zero-order valence-corrected chi connectivity index (χ0v) is 9.80. The molecular formula is C7H18Zn-4. The van der Waals surface area contributed by atoms with Crippen LogP contribution in [0.25, 0.3) is 0 Å². The molecule has 0 aliphatic rings.